The molecule has 0 saturated heterocycles. The highest BCUT2D eigenvalue weighted by molar-refractivity contribution is 5.72. The number of hydrogen-bond acceptors (Lipinski definition) is 2. The topological polar surface area (TPSA) is 26.3 Å². The molecule has 0 radical (unpaired) electrons. The molecule has 0 rings (SSSR count). The normalized spacial score (nSPS) is 14.5. The highest BCUT2D eigenvalue weighted by Gasteiger charge is 2.25. The largest absolute Gasteiger partial charge is 0.455 e. The lowest BCUT2D eigenvalue weighted by atomic mass is 9.98. The van der Waals surface area contributed by atoms with Gasteiger partial charge in [0.05, 0.1) is 5.92 Å². The Kier molecular flexibility index (Phi) is 9.00. The molecule has 120 valence electrons. The predicted molar refractivity (Wildman–Crippen MR) is 91.2 cm³/mol. The molecule has 0 amide bonds. The molecule has 21 heavy (non-hydrogen) atoms. The molecule has 0 heterocycles. The van der Waals surface area contributed by atoms with E-state index in [1.165, 1.54) is 11.1 Å². The summed E-state index contributed by atoms with van der Waals surface area (Å²) in [5, 5.41) is 0. The maximum atomic E-state index is 11.7. The first-order valence-corrected chi connectivity index (χ1v) is 7.85. The van der Waals surface area contributed by atoms with Gasteiger partial charge in [-0.3, -0.25) is 4.79 Å². The second kappa shape index (κ2) is 9.59. The molecule has 2 heteroatoms. The number of esters is 1. The van der Waals surface area contributed by atoms with E-state index in [0.29, 0.717) is 0 Å². The van der Waals surface area contributed by atoms with E-state index in [0.717, 1.165) is 25.7 Å². The molecular weight excluding hydrogens is 260 g/mol. The molecule has 0 aliphatic heterocycles. The van der Waals surface area contributed by atoms with Crippen LogP contribution in [0.1, 0.15) is 67.2 Å². The standard InChI is InChI=1S/C19H32O2/c1-8-19(7,21-18(20)16(4)5)14-10-13-17(6)12-9-11-15(2)3/h8,11,13,16H,1,9-10,12,14H2,2-7H3/b17-13+/t19-/m1/s1. The van der Waals surface area contributed by atoms with Crippen LogP contribution in [0.2, 0.25) is 0 Å². The summed E-state index contributed by atoms with van der Waals surface area (Å²) in [4.78, 5) is 11.7. The Bertz CT molecular complexity index is 398. The molecule has 0 bridgehead atoms. The third kappa shape index (κ3) is 9.28. The van der Waals surface area contributed by atoms with Crippen LogP contribution >= 0.6 is 0 Å². The Labute approximate surface area is 131 Å². The minimum atomic E-state index is -0.571. The van der Waals surface area contributed by atoms with Crippen molar-refractivity contribution in [2.75, 3.05) is 0 Å². The van der Waals surface area contributed by atoms with Gasteiger partial charge in [-0.1, -0.05) is 43.7 Å². The Morgan fingerprint density at radius 1 is 1.19 bits per heavy atom. The van der Waals surface area contributed by atoms with Gasteiger partial charge in [-0.2, -0.15) is 0 Å². The van der Waals surface area contributed by atoms with Gasteiger partial charge < -0.3 is 4.74 Å². The van der Waals surface area contributed by atoms with Crippen LogP contribution in [-0.2, 0) is 9.53 Å². The lowest BCUT2D eigenvalue weighted by molar-refractivity contribution is -0.158. The van der Waals surface area contributed by atoms with Crippen molar-refractivity contribution in [3.63, 3.8) is 0 Å². The zero-order valence-corrected chi connectivity index (χ0v) is 14.7. The van der Waals surface area contributed by atoms with Gasteiger partial charge in [-0.25, -0.2) is 0 Å². The van der Waals surface area contributed by atoms with Crippen molar-refractivity contribution >= 4 is 5.97 Å². The zero-order valence-electron chi connectivity index (χ0n) is 14.7. The van der Waals surface area contributed by atoms with Gasteiger partial charge in [-0.05, 0) is 59.5 Å². The maximum absolute atomic E-state index is 11.7. The summed E-state index contributed by atoms with van der Waals surface area (Å²) in [6, 6.07) is 0. The Hall–Kier alpha value is -1.31. The average Bonchev–Trinajstić information content (AvgIpc) is 2.38. The van der Waals surface area contributed by atoms with Crippen LogP contribution in [0.4, 0.5) is 0 Å². The molecule has 2 nitrogen and oxygen atoms in total. The monoisotopic (exact) mass is 292 g/mol. The Morgan fingerprint density at radius 2 is 1.81 bits per heavy atom. The van der Waals surface area contributed by atoms with E-state index < -0.39 is 5.60 Å². The van der Waals surface area contributed by atoms with Crippen LogP contribution in [0.5, 0.6) is 0 Å². The van der Waals surface area contributed by atoms with Crippen LogP contribution in [0.25, 0.3) is 0 Å². The minimum absolute atomic E-state index is 0.106. The van der Waals surface area contributed by atoms with Crippen LogP contribution < -0.4 is 0 Å². The Morgan fingerprint density at radius 3 is 2.29 bits per heavy atom. The summed E-state index contributed by atoms with van der Waals surface area (Å²) in [5.74, 6) is -0.271. The summed E-state index contributed by atoms with van der Waals surface area (Å²) in [5.41, 5.74) is 2.18. The molecule has 0 aromatic carbocycles. The average molecular weight is 292 g/mol. The molecule has 0 spiro atoms. The fraction of sp³-hybridized carbons (Fsp3) is 0.632. The molecule has 0 saturated carbocycles. The zero-order chi connectivity index (χ0) is 16.5. The third-order valence-corrected chi connectivity index (χ3v) is 3.46. The summed E-state index contributed by atoms with van der Waals surface area (Å²) in [6.45, 7) is 15.8. The first-order chi connectivity index (χ1) is 9.70. The van der Waals surface area contributed by atoms with Gasteiger partial charge in [-0.15, -0.1) is 0 Å². The highest BCUT2D eigenvalue weighted by Crippen LogP contribution is 2.22. The van der Waals surface area contributed by atoms with E-state index >= 15 is 0 Å². The van der Waals surface area contributed by atoms with Crippen molar-refractivity contribution in [1.29, 1.82) is 0 Å². The van der Waals surface area contributed by atoms with Gasteiger partial charge in [0.25, 0.3) is 0 Å². The molecule has 0 aromatic heterocycles. The molecule has 0 aliphatic carbocycles. The van der Waals surface area contributed by atoms with Crippen LogP contribution in [0.15, 0.2) is 36.0 Å². The summed E-state index contributed by atoms with van der Waals surface area (Å²) >= 11 is 0. The molecule has 0 fully saturated rings. The predicted octanol–water partition coefficient (Wildman–Crippen LogP) is 5.60. The molecule has 0 aliphatic rings. The molecular formula is C19H32O2. The van der Waals surface area contributed by atoms with Crippen molar-refractivity contribution in [2.45, 2.75) is 72.8 Å². The number of ether oxygens (including phenoxy) is 1. The molecule has 1 atom stereocenters. The maximum Gasteiger partial charge on any atom is 0.309 e. The third-order valence-electron chi connectivity index (χ3n) is 3.46. The van der Waals surface area contributed by atoms with Gasteiger partial charge in [0.15, 0.2) is 0 Å². The van der Waals surface area contributed by atoms with E-state index in [9.17, 15) is 4.79 Å². The quantitative estimate of drug-likeness (QED) is 0.408. The molecule has 0 N–H and O–H groups in total. The fourth-order valence-corrected chi connectivity index (χ4v) is 1.84. The van der Waals surface area contributed by atoms with Crippen molar-refractivity contribution in [3.8, 4) is 0 Å². The summed E-state index contributed by atoms with van der Waals surface area (Å²) in [7, 11) is 0. The lowest BCUT2D eigenvalue weighted by Crippen LogP contribution is -2.31. The second-order valence-corrected chi connectivity index (χ2v) is 6.50. The van der Waals surface area contributed by atoms with Crippen LogP contribution in [0, 0.1) is 5.92 Å². The Balaban J connectivity index is 4.35. The van der Waals surface area contributed by atoms with E-state index in [1.807, 2.05) is 20.8 Å². The van der Waals surface area contributed by atoms with Crippen molar-refractivity contribution in [3.05, 3.63) is 36.0 Å². The number of hydrogen-bond donors (Lipinski definition) is 0. The van der Waals surface area contributed by atoms with E-state index in [2.05, 4.69) is 39.5 Å². The van der Waals surface area contributed by atoms with Gasteiger partial charge in [0.1, 0.15) is 5.60 Å². The van der Waals surface area contributed by atoms with Crippen LogP contribution in [0.3, 0.4) is 0 Å². The highest BCUT2D eigenvalue weighted by atomic mass is 16.6. The minimum Gasteiger partial charge on any atom is -0.455 e. The molecule has 0 aromatic rings. The summed E-state index contributed by atoms with van der Waals surface area (Å²) < 4.78 is 5.55. The second-order valence-electron chi connectivity index (χ2n) is 6.50. The van der Waals surface area contributed by atoms with Gasteiger partial charge in [0, 0.05) is 0 Å². The van der Waals surface area contributed by atoms with Crippen molar-refractivity contribution in [2.24, 2.45) is 5.92 Å². The fourth-order valence-electron chi connectivity index (χ4n) is 1.84. The van der Waals surface area contributed by atoms with E-state index in [4.69, 9.17) is 4.74 Å². The SMILES string of the molecule is C=C[C@](C)(CC/C=C(\C)CCC=C(C)C)OC(=O)C(C)C. The smallest absolute Gasteiger partial charge is 0.309 e. The molecule has 0 unspecified atom stereocenters. The van der Waals surface area contributed by atoms with Crippen LogP contribution in [-0.4, -0.2) is 11.6 Å². The first kappa shape index (κ1) is 19.7. The number of carbonyl (C=O) groups excluding carboxylic acids is 1. The summed E-state index contributed by atoms with van der Waals surface area (Å²) in [6.07, 6.45) is 10.1. The van der Waals surface area contributed by atoms with Gasteiger partial charge in [0.2, 0.25) is 0 Å². The van der Waals surface area contributed by atoms with Gasteiger partial charge >= 0.3 is 5.97 Å². The number of carbonyl (C=O) groups is 1. The lowest BCUT2D eigenvalue weighted by Gasteiger charge is -2.26. The van der Waals surface area contributed by atoms with E-state index in [1.54, 1.807) is 6.08 Å². The van der Waals surface area contributed by atoms with Crippen molar-refractivity contribution < 1.29 is 9.53 Å². The number of allylic oxidation sites excluding steroid dienone is 4. The first-order valence-electron chi connectivity index (χ1n) is 7.85. The van der Waals surface area contributed by atoms with Crippen molar-refractivity contribution in [1.82, 2.24) is 0 Å². The van der Waals surface area contributed by atoms with E-state index in [-0.39, 0.29) is 11.9 Å². The number of rotatable bonds is 9.